The first kappa shape index (κ1) is 32.2. The molecule has 4 unspecified atom stereocenters. The van der Waals surface area contributed by atoms with Gasteiger partial charge in [0.05, 0.1) is 11.0 Å². The molecule has 0 spiro atoms. The molecule has 0 fully saturated rings. The van der Waals surface area contributed by atoms with Crippen LogP contribution in [0.5, 0.6) is 0 Å². The first-order valence-electron chi connectivity index (χ1n) is 19.5. The lowest BCUT2D eigenvalue weighted by atomic mass is 9.73. The molecule has 2 aliphatic rings. The summed E-state index contributed by atoms with van der Waals surface area (Å²) in [6.45, 7) is 11.6. The molecule has 4 atom stereocenters. The Morgan fingerprint density at radius 2 is 1.36 bits per heavy atom. The molecule has 8 aromatic rings. The van der Waals surface area contributed by atoms with Gasteiger partial charge in [0.2, 0.25) is 0 Å². The summed E-state index contributed by atoms with van der Waals surface area (Å²) in [5.74, 6) is 1.71. The van der Waals surface area contributed by atoms with Crippen LogP contribution in [-0.2, 0) is 5.41 Å². The Morgan fingerprint density at radius 1 is 0.660 bits per heavy atom. The summed E-state index contributed by atoms with van der Waals surface area (Å²) in [5, 5.41) is 10.7. The number of benzene rings is 7. The molecule has 2 nitrogen and oxygen atoms in total. The van der Waals surface area contributed by atoms with Gasteiger partial charge in [0.25, 0.3) is 0 Å². The van der Waals surface area contributed by atoms with Crippen LogP contribution in [0.25, 0.3) is 70.9 Å². The summed E-state index contributed by atoms with van der Waals surface area (Å²) in [7, 11) is 0. The highest BCUT2D eigenvalue weighted by molar-refractivity contribution is 6.26. The highest BCUT2D eigenvalue weighted by atomic mass is 15.0. The molecule has 53 heavy (non-hydrogen) atoms. The van der Waals surface area contributed by atoms with Crippen LogP contribution in [0.3, 0.4) is 0 Å². The van der Waals surface area contributed by atoms with Gasteiger partial charge >= 0.3 is 0 Å². The number of fused-ring (bicyclic) bond motifs is 3. The minimum Gasteiger partial charge on any atom is -0.309 e. The summed E-state index contributed by atoms with van der Waals surface area (Å²) in [6, 6.07) is 43.8. The fourth-order valence-corrected chi connectivity index (χ4v) is 9.48. The van der Waals surface area contributed by atoms with Crippen molar-refractivity contribution in [3.05, 3.63) is 150 Å². The zero-order valence-corrected chi connectivity index (χ0v) is 31.4. The van der Waals surface area contributed by atoms with Gasteiger partial charge in [0.15, 0.2) is 0 Å². The van der Waals surface area contributed by atoms with E-state index >= 15 is 0 Å². The molecule has 2 heterocycles. The third-order valence-corrected chi connectivity index (χ3v) is 12.3. The number of hydrogen-bond donors (Lipinski definition) is 0. The van der Waals surface area contributed by atoms with Crippen LogP contribution in [-0.4, -0.2) is 10.8 Å². The average molecular weight is 687 g/mol. The van der Waals surface area contributed by atoms with Crippen LogP contribution in [0.2, 0.25) is 0 Å². The van der Waals surface area contributed by atoms with Gasteiger partial charge in [-0.15, -0.1) is 0 Å². The zero-order chi connectivity index (χ0) is 36.0. The predicted octanol–water partition coefficient (Wildman–Crippen LogP) is 13.9. The minimum atomic E-state index is 0.0729. The molecule has 0 radical (unpaired) electrons. The van der Waals surface area contributed by atoms with E-state index in [1.807, 2.05) is 0 Å². The molecule has 1 aromatic heterocycles. The highest BCUT2D eigenvalue weighted by Crippen LogP contribution is 2.47. The van der Waals surface area contributed by atoms with Crippen LogP contribution >= 0.6 is 0 Å². The molecule has 10 rings (SSSR count). The van der Waals surface area contributed by atoms with E-state index in [1.54, 1.807) is 0 Å². The fourth-order valence-electron chi connectivity index (χ4n) is 9.48. The van der Waals surface area contributed by atoms with Crippen molar-refractivity contribution in [3.63, 3.8) is 0 Å². The standard InChI is InChI=1S/C51H46N2/c1-31-17-24-46(52-30-31)39-21-18-34(25-32(39)2)45-29-44(42-22-19-35-26-37(51(3,4)5)27-36-20-23-43(45)50(42)49(35)36)33-11-10-12-38(28-33)53-47-15-8-6-13-40(47)41-14-7-9-16-48(41)53/h6-16,18-24,26-32,34,39H,17,25H2,1-5H3. The second-order valence-electron chi connectivity index (χ2n) is 16.9. The van der Waals surface area contributed by atoms with Gasteiger partial charge in [0.1, 0.15) is 0 Å². The molecule has 1 aliphatic heterocycles. The Hall–Kier alpha value is -5.47. The second kappa shape index (κ2) is 12.0. The van der Waals surface area contributed by atoms with Crippen molar-refractivity contribution in [1.29, 1.82) is 0 Å². The highest BCUT2D eigenvalue weighted by Gasteiger charge is 2.30. The van der Waals surface area contributed by atoms with Gasteiger partial charge in [-0.25, -0.2) is 0 Å². The maximum atomic E-state index is 4.92. The van der Waals surface area contributed by atoms with E-state index in [4.69, 9.17) is 4.99 Å². The smallest absolute Gasteiger partial charge is 0.0541 e. The van der Waals surface area contributed by atoms with Gasteiger partial charge in [-0.2, -0.15) is 0 Å². The van der Waals surface area contributed by atoms with Gasteiger partial charge in [0, 0.05) is 40.2 Å². The third kappa shape index (κ3) is 5.17. The first-order chi connectivity index (χ1) is 25.7. The van der Waals surface area contributed by atoms with Gasteiger partial charge in [-0.1, -0.05) is 138 Å². The van der Waals surface area contributed by atoms with Crippen molar-refractivity contribution < 1.29 is 0 Å². The van der Waals surface area contributed by atoms with E-state index in [9.17, 15) is 0 Å². The van der Waals surface area contributed by atoms with E-state index in [-0.39, 0.29) is 5.41 Å². The predicted molar refractivity (Wildman–Crippen MR) is 228 cm³/mol. The Labute approximate surface area is 312 Å². The number of allylic oxidation sites excluding steroid dienone is 3. The van der Waals surface area contributed by atoms with Crippen LogP contribution < -0.4 is 0 Å². The summed E-state index contributed by atoms with van der Waals surface area (Å²) in [6.07, 6.45) is 11.7. The van der Waals surface area contributed by atoms with Crippen LogP contribution in [0.4, 0.5) is 0 Å². The van der Waals surface area contributed by atoms with Gasteiger partial charge < -0.3 is 4.57 Å². The van der Waals surface area contributed by atoms with E-state index in [0.29, 0.717) is 23.7 Å². The largest absolute Gasteiger partial charge is 0.309 e. The molecular formula is C51H46N2. The Morgan fingerprint density at radius 3 is 2.02 bits per heavy atom. The molecule has 1 aliphatic carbocycles. The van der Waals surface area contributed by atoms with Crippen LogP contribution in [0.15, 0.2) is 144 Å². The lowest BCUT2D eigenvalue weighted by Gasteiger charge is -2.32. The summed E-state index contributed by atoms with van der Waals surface area (Å²) < 4.78 is 2.44. The quantitative estimate of drug-likeness (QED) is 0.130. The third-order valence-electron chi connectivity index (χ3n) is 12.3. The molecule has 7 aromatic carbocycles. The molecule has 0 N–H and O–H groups in total. The first-order valence-corrected chi connectivity index (χ1v) is 19.5. The lowest BCUT2D eigenvalue weighted by Crippen LogP contribution is -2.20. The molecule has 0 saturated carbocycles. The lowest BCUT2D eigenvalue weighted by molar-refractivity contribution is 0.402. The Kier molecular flexibility index (Phi) is 7.31. The summed E-state index contributed by atoms with van der Waals surface area (Å²) in [4.78, 5) is 4.92. The van der Waals surface area contributed by atoms with Gasteiger partial charge in [-0.05, 0) is 115 Å². The number of rotatable bonds is 4. The Balaban J connectivity index is 1.20. The number of para-hydroxylation sites is 2. The van der Waals surface area contributed by atoms with Crippen molar-refractivity contribution in [2.24, 2.45) is 22.7 Å². The minimum absolute atomic E-state index is 0.0729. The van der Waals surface area contributed by atoms with E-state index in [2.05, 4.69) is 179 Å². The van der Waals surface area contributed by atoms with Crippen molar-refractivity contribution >= 4 is 60.3 Å². The molecule has 0 saturated heterocycles. The number of nitrogens with zero attached hydrogens (tertiary/aromatic N) is 2. The molecule has 2 heteroatoms. The monoisotopic (exact) mass is 686 g/mol. The maximum Gasteiger partial charge on any atom is 0.0541 e. The SMILES string of the molecule is CC1C=NC(C2C=CC(c3cc(-c4cccc(-n5c6ccccc6c6ccccc65)c4)c4ccc5cc(C(C)(C)C)cc6ccc3c4c56)CC2C)=CC1. The molecule has 0 bridgehead atoms. The molecule has 260 valence electrons. The average Bonchev–Trinajstić information content (AvgIpc) is 3.51. The summed E-state index contributed by atoms with van der Waals surface area (Å²) >= 11 is 0. The zero-order valence-electron chi connectivity index (χ0n) is 31.4. The van der Waals surface area contributed by atoms with Gasteiger partial charge in [-0.3, -0.25) is 4.99 Å². The van der Waals surface area contributed by atoms with E-state index < -0.39 is 0 Å². The number of aliphatic imine (C=N–C) groups is 1. The second-order valence-corrected chi connectivity index (χ2v) is 16.9. The number of aromatic nitrogens is 1. The normalized spacial score (nSPS) is 20.7. The van der Waals surface area contributed by atoms with E-state index in [0.717, 1.165) is 12.8 Å². The van der Waals surface area contributed by atoms with Crippen molar-refractivity contribution in [2.45, 2.75) is 58.8 Å². The maximum absolute atomic E-state index is 4.92. The van der Waals surface area contributed by atoms with Crippen molar-refractivity contribution in [2.75, 3.05) is 0 Å². The molecular weight excluding hydrogens is 641 g/mol. The fraction of sp³-hybridized carbons (Fsp3) is 0.235. The van der Waals surface area contributed by atoms with Crippen molar-refractivity contribution in [3.8, 4) is 16.8 Å². The summed E-state index contributed by atoms with van der Waals surface area (Å²) in [5.41, 5.74) is 10.3. The van der Waals surface area contributed by atoms with Crippen molar-refractivity contribution in [1.82, 2.24) is 4.57 Å². The topological polar surface area (TPSA) is 17.3 Å². The number of hydrogen-bond acceptors (Lipinski definition) is 1. The van der Waals surface area contributed by atoms with Crippen LogP contribution in [0, 0.1) is 17.8 Å². The Bertz CT molecular complexity index is 2750. The molecule has 0 amide bonds. The van der Waals surface area contributed by atoms with E-state index in [1.165, 1.54) is 87.8 Å². The van der Waals surface area contributed by atoms with Crippen LogP contribution in [0.1, 0.15) is 64.5 Å².